The summed E-state index contributed by atoms with van der Waals surface area (Å²) in [6.45, 7) is 7.15. The zero-order chi connectivity index (χ0) is 10.7. The number of alkyl halides is 1. The lowest BCUT2D eigenvalue weighted by Gasteiger charge is -2.28. The van der Waals surface area contributed by atoms with Gasteiger partial charge in [-0.3, -0.25) is 0 Å². The fourth-order valence-electron chi connectivity index (χ4n) is 0.802. The molecule has 0 radical (unpaired) electrons. The Morgan fingerprint density at radius 2 is 1.92 bits per heavy atom. The topological polar surface area (TPSA) is 46.2 Å². The van der Waals surface area contributed by atoms with Crippen LogP contribution < -0.4 is 4.72 Å². The molecule has 0 bridgehead atoms. The summed E-state index contributed by atoms with van der Waals surface area (Å²) in [6, 6.07) is 0. The maximum atomic E-state index is 11.4. The lowest BCUT2D eigenvalue weighted by molar-refractivity contribution is 0.445. The molecule has 0 amide bonds. The van der Waals surface area contributed by atoms with Crippen LogP contribution in [0, 0.1) is 0 Å². The quantitative estimate of drug-likeness (QED) is 0.727. The van der Waals surface area contributed by atoms with E-state index < -0.39 is 15.6 Å². The highest BCUT2D eigenvalue weighted by molar-refractivity contribution is 7.89. The minimum atomic E-state index is -3.17. The van der Waals surface area contributed by atoms with Crippen LogP contribution in [0.15, 0.2) is 0 Å². The Labute approximate surface area is 85.9 Å². The third kappa shape index (κ3) is 4.84. The van der Waals surface area contributed by atoms with Gasteiger partial charge in [0.25, 0.3) is 0 Å². The molecule has 0 spiro atoms. The molecule has 0 aromatic heterocycles. The molecule has 0 aliphatic heterocycles. The first-order valence-electron chi connectivity index (χ1n) is 4.37. The highest BCUT2D eigenvalue weighted by Crippen LogP contribution is 2.15. The predicted octanol–water partition coefficient (Wildman–Crippen LogP) is 1.72. The van der Waals surface area contributed by atoms with Gasteiger partial charge in [0.1, 0.15) is 0 Å². The summed E-state index contributed by atoms with van der Waals surface area (Å²) >= 11 is 5.85. The van der Waals surface area contributed by atoms with E-state index in [4.69, 9.17) is 11.6 Å². The van der Waals surface area contributed by atoms with E-state index in [1.54, 1.807) is 20.8 Å². The van der Waals surface area contributed by atoms with Crippen molar-refractivity contribution >= 4 is 21.6 Å². The molecule has 0 rings (SSSR count). The summed E-state index contributed by atoms with van der Waals surface area (Å²) in [7, 11) is -3.17. The van der Waals surface area contributed by atoms with Crippen molar-refractivity contribution in [2.45, 2.75) is 45.0 Å². The molecule has 3 nitrogen and oxygen atoms in total. The van der Waals surface area contributed by atoms with Crippen molar-refractivity contribution in [1.82, 2.24) is 4.72 Å². The molecule has 0 aromatic carbocycles. The molecule has 0 saturated heterocycles. The van der Waals surface area contributed by atoms with Crippen LogP contribution in [-0.4, -0.2) is 25.1 Å². The van der Waals surface area contributed by atoms with Crippen LogP contribution in [0.5, 0.6) is 0 Å². The molecule has 5 heteroatoms. The Hall–Kier alpha value is 0.200. The zero-order valence-corrected chi connectivity index (χ0v) is 10.2. The summed E-state index contributed by atoms with van der Waals surface area (Å²) in [5.74, 6) is 0.153. The number of rotatable bonds is 5. The molecule has 1 unspecified atom stereocenters. The van der Waals surface area contributed by atoms with Gasteiger partial charge in [-0.05, 0) is 27.2 Å². The molecule has 0 heterocycles. The molecule has 1 N–H and O–H groups in total. The van der Waals surface area contributed by atoms with E-state index in [0.717, 1.165) is 0 Å². The normalized spacial score (nSPS) is 15.8. The van der Waals surface area contributed by atoms with Crippen LogP contribution >= 0.6 is 11.6 Å². The van der Waals surface area contributed by atoms with Gasteiger partial charge in [-0.1, -0.05) is 6.92 Å². The van der Waals surface area contributed by atoms with Gasteiger partial charge in [0.15, 0.2) is 0 Å². The second-order valence-electron chi connectivity index (χ2n) is 3.76. The molecule has 0 aliphatic carbocycles. The van der Waals surface area contributed by atoms with Crippen LogP contribution in [0.3, 0.4) is 0 Å². The number of hydrogen-bond donors (Lipinski definition) is 1. The number of nitrogens with one attached hydrogen (secondary N) is 1. The minimum absolute atomic E-state index is 0.153. The van der Waals surface area contributed by atoms with E-state index in [1.807, 2.05) is 6.92 Å². The second-order valence-corrected chi connectivity index (χ2v) is 6.26. The minimum Gasteiger partial charge on any atom is -0.212 e. The highest BCUT2D eigenvalue weighted by Gasteiger charge is 2.28. The number of hydrogen-bond acceptors (Lipinski definition) is 2. The summed E-state index contributed by atoms with van der Waals surface area (Å²) in [6.07, 6.45) is 0.613. The smallest absolute Gasteiger partial charge is 0.212 e. The van der Waals surface area contributed by atoms with Gasteiger partial charge in [0.2, 0.25) is 10.0 Å². The summed E-state index contributed by atoms with van der Waals surface area (Å²) < 4.78 is 25.3. The molecule has 13 heavy (non-hydrogen) atoms. The van der Waals surface area contributed by atoms with Crippen molar-refractivity contribution in [2.75, 3.05) is 5.75 Å². The summed E-state index contributed by atoms with van der Waals surface area (Å²) in [4.78, 5) is 0. The SMILES string of the molecule is CCCS(=O)(=O)NC(C)(C)C(C)Cl. The maximum Gasteiger partial charge on any atom is 0.212 e. The van der Waals surface area contributed by atoms with Gasteiger partial charge in [0, 0.05) is 10.9 Å². The van der Waals surface area contributed by atoms with E-state index in [-0.39, 0.29) is 11.1 Å². The van der Waals surface area contributed by atoms with E-state index in [2.05, 4.69) is 4.72 Å². The zero-order valence-electron chi connectivity index (χ0n) is 8.59. The molecule has 1 atom stereocenters. The predicted molar refractivity (Wildman–Crippen MR) is 56.6 cm³/mol. The average Bonchev–Trinajstić information content (AvgIpc) is 1.83. The molecule has 80 valence electrons. The Morgan fingerprint density at radius 1 is 1.46 bits per heavy atom. The van der Waals surface area contributed by atoms with E-state index >= 15 is 0 Å². The van der Waals surface area contributed by atoms with Crippen molar-refractivity contribution < 1.29 is 8.42 Å². The van der Waals surface area contributed by atoms with Crippen molar-refractivity contribution in [2.24, 2.45) is 0 Å². The fraction of sp³-hybridized carbons (Fsp3) is 1.00. The van der Waals surface area contributed by atoms with Crippen LogP contribution in [0.25, 0.3) is 0 Å². The Kier molecular flexibility index (Phi) is 4.69. The van der Waals surface area contributed by atoms with Gasteiger partial charge in [-0.15, -0.1) is 11.6 Å². The molecule has 0 aromatic rings. The third-order valence-electron chi connectivity index (χ3n) is 1.89. The van der Waals surface area contributed by atoms with Gasteiger partial charge in [-0.2, -0.15) is 0 Å². The van der Waals surface area contributed by atoms with Gasteiger partial charge >= 0.3 is 0 Å². The van der Waals surface area contributed by atoms with Gasteiger partial charge in [-0.25, -0.2) is 13.1 Å². The molecule has 0 aliphatic rings. The first kappa shape index (κ1) is 13.2. The van der Waals surface area contributed by atoms with Crippen molar-refractivity contribution in [3.05, 3.63) is 0 Å². The van der Waals surface area contributed by atoms with Crippen molar-refractivity contribution in [1.29, 1.82) is 0 Å². The monoisotopic (exact) mass is 227 g/mol. The van der Waals surface area contributed by atoms with E-state index in [9.17, 15) is 8.42 Å². The van der Waals surface area contributed by atoms with Crippen LogP contribution in [0.4, 0.5) is 0 Å². The van der Waals surface area contributed by atoms with Crippen molar-refractivity contribution in [3.8, 4) is 0 Å². The fourth-order valence-corrected chi connectivity index (χ4v) is 2.54. The number of halogens is 1. The first-order valence-corrected chi connectivity index (χ1v) is 6.46. The first-order chi connectivity index (χ1) is 5.71. The molecular weight excluding hydrogens is 210 g/mol. The molecule has 0 saturated carbocycles. The Bertz CT molecular complexity index is 247. The van der Waals surface area contributed by atoms with E-state index in [0.29, 0.717) is 6.42 Å². The average molecular weight is 228 g/mol. The van der Waals surface area contributed by atoms with Crippen LogP contribution in [0.2, 0.25) is 0 Å². The van der Waals surface area contributed by atoms with Crippen LogP contribution in [0.1, 0.15) is 34.1 Å². The standard InChI is InChI=1S/C8H18ClNO2S/c1-5-6-13(11,12)10-8(3,4)7(2)9/h7,10H,5-6H2,1-4H3. The van der Waals surface area contributed by atoms with Gasteiger partial charge < -0.3 is 0 Å². The summed E-state index contributed by atoms with van der Waals surface area (Å²) in [5.41, 5.74) is -0.588. The van der Waals surface area contributed by atoms with Gasteiger partial charge in [0.05, 0.1) is 5.75 Å². The third-order valence-corrected chi connectivity index (χ3v) is 4.21. The lowest BCUT2D eigenvalue weighted by Crippen LogP contribution is -2.49. The summed E-state index contributed by atoms with van der Waals surface area (Å²) in [5, 5.41) is -0.237. The Balaban J connectivity index is 4.43. The van der Waals surface area contributed by atoms with Crippen molar-refractivity contribution in [3.63, 3.8) is 0 Å². The lowest BCUT2D eigenvalue weighted by atomic mass is 10.0. The Morgan fingerprint density at radius 3 is 2.23 bits per heavy atom. The molecular formula is C8H18ClNO2S. The van der Waals surface area contributed by atoms with E-state index in [1.165, 1.54) is 0 Å². The van der Waals surface area contributed by atoms with Crippen LogP contribution in [-0.2, 0) is 10.0 Å². The number of sulfonamides is 1. The largest absolute Gasteiger partial charge is 0.212 e. The maximum absolute atomic E-state index is 11.4. The molecule has 0 fully saturated rings. The second kappa shape index (κ2) is 4.62. The highest BCUT2D eigenvalue weighted by atomic mass is 35.5.